The van der Waals surface area contributed by atoms with Gasteiger partial charge >= 0.3 is 0 Å². The molecule has 1 heterocycles. The Morgan fingerprint density at radius 3 is 2.34 bits per heavy atom. The van der Waals surface area contributed by atoms with Crippen LogP contribution in [0.15, 0.2) is 84.9 Å². The summed E-state index contributed by atoms with van der Waals surface area (Å²) in [5.41, 5.74) is 4.16. The molecule has 0 radical (unpaired) electrons. The van der Waals surface area contributed by atoms with Gasteiger partial charge in [0.25, 0.3) is 0 Å². The number of nitrogens with one attached hydrogen (secondary N) is 1. The van der Waals surface area contributed by atoms with Crippen LogP contribution in [0.4, 0.5) is 0 Å². The molecular formula is C32H36N2O4. The molecule has 3 aromatic rings. The molecule has 6 heteroatoms. The monoisotopic (exact) mass is 512 g/mol. The molecule has 2 aliphatic rings. The van der Waals surface area contributed by atoms with E-state index in [1.807, 2.05) is 72.8 Å². The molecule has 0 unspecified atom stereocenters. The topological polar surface area (TPSA) is 89.9 Å². The number of aliphatic hydroxyl groups excluding tert-OH is 2. The highest BCUT2D eigenvalue weighted by molar-refractivity contribution is 5.80. The average molecular weight is 513 g/mol. The van der Waals surface area contributed by atoms with Crippen molar-refractivity contribution >= 4 is 11.8 Å². The molecule has 5 rings (SSSR count). The van der Waals surface area contributed by atoms with Gasteiger partial charge in [-0.15, -0.1) is 0 Å². The first-order chi connectivity index (χ1) is 18.5. The lowest BCUT2D eigenvalue weighted by atomic mass is 9.91. The van der Waals surface area contributed by atoms with E-state index in [1.165, 1.54) is 5.56 Å². The Labute approximate surface area is 224 Å². The first kappa shape index (κ1) is 26.1. The zero-order chi connectivity index (χ0) is 26.5. The second-order valence-electron chi connectivity index (χ2n) is 10.7. The molecule has 198 valence electrons. The fraction of sp³-hybridized carbons (Fsp3) is 0.375. The SMILES string of the molecule is O=C(N[C@H]1c2ccccc2C[C@H]1O)[C@H](Cc1ccccc1)C[C@H](O)CN1C(=O)CC[C@@H]1Cc1ccccc1. The Balaban J connectivity index is 1.28. The van der Waals surface area contributed by atoms with Crippen molar-refractivity contribution in [3.63, 3.8) is 0 Å². The van der Waals surface area contributed by atoms with Crippen molar-refractivity contribution in [1.82, 2.24) is 10.2 Å². The van der Waals surface area contributed by atoms with E-state index in [0.29, 0.717) is 19.3 Å². The highest BCUT2D eigenvalue weighted by Crippen LogP contribution is 2.32. The summed E-state index contributed by atoms with van der Waals surface area (Å²) in [4.78, 5) is 28.1. The Morgan fingerprint density at radius 1 is 0.947 bits per heavy atom. The summed E-state index contributed by atoms with van der Waals surface area (Å²) in [6.45, 7) is 0.212. The number of carbonyl (C=O) groups is 2. The van der Waals surface area contributed by atoms with Gasteiger partial charge in [0.15, 0.2) is 0 Å². The van der Waals surface area contributed by atoms with Crippen LogP contribution >= 0.6 is 0 Å². The predicted molar refractivity (Wildman–Crippen MR) is 146 cm³/mol. The minimum Gasteiger partial charge on any atom is -0.391 e. The van der Waals surface area contributed by atoms with E-state index in [0.717, 1.165) is 29.5 Å². The van der Waals surface area contributed by atoms with Crippen LogP contribution < -0.4 is 5.32 Å². The van der Waals surface area contributed by atoms with Gasteiger partial charge in [-0.05, 0) is 47.9 Å². The normalized spacial score (nSPS) is 22.2. The van der Waals surface area contributed by atoms with Gasteiger partial charge in [0.05, 0.1) is 18.2 Å². The van der Waals surface area contributed by atoms with Gasteiger partial charge in [-0.25, -0.2) is 0 Å². The Bertz CT molecular complexity index is 1230. The molecular weight excluding hydrogens is 476 g/mol. The molecule has 3 N–H and O–H groups in total. The summed E-state index contributed by atoms with van der Waals surface area (Å²) >= 11 is 0. The lowest BCUT2D eigenvalue weighted by Gasteiger charge is -2.29. The molecule has 1 fully saturated rings. The number of aliphatic hydroxyl groups is 2. The van der Waals surface area contributed by atoms with Crippen LogP contribution in [0.2, 0.25) is 0 Å². The van der Waals surface area contributed by atoms with Crippen molar-refractivity contribution in [1.29, 1.82) is 0 Å². The quantitative estimate of drug-likeness (QED) is 0.387. The molecule has 6 nitrogen and oxygen atoms in total. The van der Waals surface area contributed by atoms with E-state index in [9.17, 15) is 19.8 Å². The Hall–Kier alpha value is -3.48. The largest absolute Gasteiger partial charge is 0.391 e. The maximum absolute atomic E-state index is 13.6. The second-order valence-corrected chi connectivity index (χ2v) is 10.7. The number of amides is 2. The van der Waals surface area contributed by atoms with Crippen LogP contribution in [0, 0.1) is 5.92 Å². The van der Waals surface area contributed by atoms with Gasteiger partial charge in [0, 0.05) is 31.3 Å². The summed E-state index contributed by atoms with van der Waals surface area (Å²) in [6, 6.07) is 27.2. The van der Waals surface area contributed by atoms with E-state index in [-0.39, 0.29) is 30.8 Å². The van der Waals surface area contributed by atoms with Gasteiger partial charge < -0.3 is 20.4 Å². The molecule has 0 saturated carbocycles. The molecule has 1 saturated heterocycles. The number of benzene rings is 3. The predicted octanol–water partition coefficient (Wildman–Crippen LogP) is 3.60. The molecule has 38 heavy (non-hydrogen) atoms. The minimum absolute atomic E-state index is 0.0473. The van der Waals surface area contributed by atoms with E-state index >= 15 is 0 Å². The van der Waals surface area contributed by atoms with E-state index in [4.69, 9.17) is 0 Å². The minimum atomic E-state index is -0.837. The maximum Gasteiger partial charge on any atom is 0.224 e. The molecule has 0 spiro atoms. The lowest BCUT2D eigenvalue weighted by Crippen LogP contribution is -2.43. The average Bonchev–Trinajstić information content (AvgIpc) is 3.43. The third-order valence-corrected chi connectivity index (χ3v) is 7.93. The van der Waals surface area contributed by atoms with Crippen LogP contribution in [0.3, 0.4) is 0 Å². The van der Waals surface area contributed by atoms with E-state index in [2.05, 4.69) is 17.4 Å². The maximum atomic E-state index is 13.6. The smallest absolute Gasteiger partial charge is 0.224 e. The van der Waals surface area contributed by atoms with Gasteiger partial charge in [-0.1, -0.05) is 84.9 Å². The number of hydrogen-bond acceptors (Lipinski definition) is 4. The molecule has 0 bridgehead atoms. The number of fused-ring (bicyclic) bond motifs is 1. The molecule has 1 aliphatic heterocycles. The van der Waals surface area contributed by atoms with E-state index in [1.54, 1.807) is 4.90 Å². The Morgan fingerprint density at radius 2 is 1.61 bits per heavy atom. The third-order valence-electron chi connectivity index (χ3n) is 7.93. The van der Waals surface area contributed by atoms with Crippen molar-refractivity contribution in [3.8, 4) is 0 Å². The van der Waals surface area contributed by atoms with Gasteiger partial charge in [-0.3, -0.25) is 9.59 Å². The van der Waals surface area contributed by atoms with Crippen LogP contribution in [0.1, 0.15) is 47.6 Å². The first-order valence-corrected chi connectivity index (χ1v) is 13.6. The molecule has 2 amide bonds. The van der Waals surface area contributed by atoms with Crippen molar-refractivity contribution in [3.05, 3.63) is 107 Å². The van der Waals surface area contributed by atoms with Crippen molar-refractivity contribution in [2.75, 3.05) is 6.54 Å². The second kappa shape index (κ2) is 11.9. The summed E-state index contributed by atoms with van der Waals surface area (Å²) in [5, 5.41) is 24.9. The molecule has 0 aromatic heterocycles. The molecule has 3 aromatic carbocycles. The number of nitrogens with zero attached hydrogens (tertiary/aromatic N) is 1. The number of carbonyl (C=O) groups excluding carboxylic acids is 2. The van der Waals surface area contributed by atoms with Crippen LogP contribution in [-0.2, 0) is 28.9 Å². The molecule has 1 aliphatic carbocycles. The summed E-state index contributed by atoms with van der Waals surface area (Å²) in [5.74, 6) is -0.639. The van der Waals surface area contributed by atoms with Gasteiger partial charge in [-0.2, -0.15) is 0 Å². The number of likely N-dealkylation sites (tertiary alicyclic amines) is 1. The summed E-state index contributed by atoms with van der Waals surface area (Å²) in [7, 11) is 0. The van der Waals surface area contributed by atoms with Crippen LogP contribution in [0.25, 0.3) is 0 Å². The molecule has 5 atom stereocenters. The summed E-state index contributed by atoms with van der Waals surface area (Å²) in [6.07, 6.45) is 1.70. The van der Waals surface area contributed by atoms with Crippen LogP contribution in [-0.4, -0.2) is 51.7 Å². The van der Waals surface area contributed by atoms with E-state index < -0.39 is 24.2 Å². The number of rotatable bonds is 10. The highest BCUT2D eigenvalue weighted by Gasteiger charge is 2.36. The fourth-order valence-corrected chi connectivity index (χ4v) is 5.97. The zero-order valence-corrected chi connectivity index (χ0v) is 21.6. The number of hydrogen-bond donors (Lipinski definition) is 3. The van der Waals surface area contributed by atoms with Gasteiger partial charge in [0.2, 0.25) is 11.8 Å². The van der Waals surface area contributed by atoms with Crippen molar-refractivity contribution < 1.29 is 19.8 Å². The number of β-amino-alcohol motifs (C(OH)–C–C–N with tert-alkyl or cyclic N) is 1. The first-order valence-electron chi connectivity index (χ1n) is 13.6. The van der Waals surface area contributed by atoms with Crippen molar-refractivity contribution in [2.45, 2.75) is 62.8 Å². The standard InChI is InChI=1S/C32H36N2O4/c35-27(21-34-26(15-16-30(34)37)18-23-11-5-2-6-12-23)19-25(17-22-9-3-1-4-10-22)32(38)33-31-28-14-8-7-13-24(28)20-29(31)36/h1-14,25-27,29,31,35-36H,15-21H2,(H,33,38)/t25-,26-,27+,29-,31+/m1/s1. The zero-order valence-electron chi connectivity index (χ0n) is 21.6. The van der Waals surface area contributed by atoms with Crippen LogP contribution in [0.5, 0.6) is 0 Å². The third kappa shape index (κ3) is 6.14. The van der Waals surface area contributed by atoms with Gasteiger partial charge in [0.1, 0.15) is 0 Å². The fourth-order valence-electron chi connectivity index (χ4n) is 5.97. The highest BCUT2D eigenvalue weighted by atomic mass is 16.3. The summed E-state index contributed by atoms with van der Waals surface area (Å²) < 4.78 is 0. The van der Waals surface area contributed by atoms with Crippen molar-refractivity contribution in [2.24, 2.45) is 5.92 Å². The lowest BCUT2D eigenvalue weighted by molar-refractivity contribution is -0.131. The Kier molecular flexibility index (Phi) is 8.20.